The predicted molar refractivity (Wildman–Crippen MR) is 126 cm³/mol. The number of aromatic amines is 1. The van der Waals surface area contributed by atoms with Gasteiger partial charge in [0, 0.05) is 48.9 Å². The van der Waals surface area contributed by atoms with E-state index >= 15 is 4.39 Å². The van der Waals surface area contributed by atoms with E-state index in [1.54, 1.807) is 0 Å². The molecular weight excluding hydrogens is 473 g/mol. The lowest BCUT2D eigenvalue weighted by molar-refractivity contribution is 0.0254. The van der Waals surface area contributed by atoms with Crippen LogP contribution in [0.25, 0.3) is 11.0 Å². The maximum atomic E-state index is 15.0. The van der Waals surface area contributed by atoms with Crippen LogP contribution in [-0.2, 0) is 4.74 Å². The Bertz CT molecular complexity index is 1300. The van der Waals surface area contributed by atoms with Crippen LogP contribution in [0, 0.1) is 17.5 Å². The number of benzene rings is 1. The molecule has 2 aromatic heterocycles. The molecule has 4 heterocycles. The molecule has 1 aromatic carbocycles. The number of carbonyl (C=O) groups is 1. The van der Waals surface area contributed by atoms with E-state index in [4.69, 9.17) is 9.47 Å². The molecule has 2 saturated heterocycles. The lowest BCUT2D eigenvalue weighted by Crippen LogP contribution is -2.38. The standard InChI is InChI=1S/C26H27F3N4O3/c27-18-11-22(36-15-1-2-15)19(28)9-16(18)26(34)33-6-3-14(4-7-33)24-17-10-21(23-13-30-5-8-35-23)32-25(17)31-12-20(24)29/h9-12,14-15,23,30H,1-8,13H2,(H,31,32). The second-order valence-corrected chi connectivity index (χ2v) is 9.72. The molecule has 3 fully saturated rings. The van der Waals surface area contributed by atoms with Crippen LogP contribution in [0.2, 0.25) is 0 Å². The molecule has 1 atom stereocenters. The van der Waals surface area contributed by atoms with Gasteiger partial charge in [-0.15, -0.1) is 0 Å². The van der Waals surface area contributed by atoms with Crippen molar-refractivity contribution in [2.24, 2.45) is 0 Å². The Hall–Kier alpha value is -3.11. The van der Waals surface area contributed by atoms with Crippen LogP contribution in [0.4, 0.5) is 13.2 Å². The largest absolute Gasteiger partial charge is 0.487 e. The summed E-state index contributed by atoms with van der Waals surface area (Å²) in [5.41, 5.74) is 1.69. The summed E-state index contributed by atoms with van der Waals surface area (Å²) in [6, 6.07) is 3.77. The molecule has 3 aromatic rings. The number of ether oxygens (including phenoxy) is 2. The lowest BCUT2D eigenvalue weighted by atomic mass is 9.87. The molecule has 1 aliphatic carbocycles. The molecule has 1 saturated carbocycles. The number of hydrogen-bond donors (Lipinski definition) is 2. The molecule has 1 unspecified atom stereocenters. The van der Waals surface area contributed by atoms with Crippen molar-refractivity contribution in [3.8, 4) is 5.75 Å². The van der Waals surface area contributed by atoms with Crippen molar-refractivity contribution < 1.29 is 27.4 Å². The van der Waals surface area contributed by atoms with Gasteiger partial charge in [-0.3, -0.25) is 4.79 Å². The summed E-state index contributed by atoms with van der Waals surface area (Å²) in [7, 11) is 0. The quantitative estimate of drug-likeness (QED) is 0.549. The van der Waals surface area contributed by atoms with Gasteiger partial charge in [-0.1, -0.05) is 0 Å². The summed E-state index contributed by atoms with van der Waals surface area (Å²) in [5.74, 6) is -2.82. The molecule has 36 heavy (non-hydrogen) atoms. The third-order valence-corrected chi connectivity index (χ3v) is 7.21. The van der Waals surface area contributed by atoms with Gasteiger partial charge >= 0.3 is 0 Å². The first kappa shape index (κ1) is 23.3. The normalized spacial score (nSPS) is 21.2. The van der Waals surface area contributed by atoms with Crippen molar-refractivity contribution in [2.75, 3.05) is 32.8 Å². The zero-order valence-corrected chi connectivity index (χ0v) is 19.7. The number of likely N-dealkylation sites (tertiary alicyclic amines) is 1. The first-order valence-electron chi connectivity index (χ1n) is 12.4. The van der Waals surface area contributed by atoms with Gasteiger partial charge in [0.2, 0.25) is 0 Å². The zero-order chi connectivity index (χ0) is 24.8. The molecule has 0 radical (unpaired) electrons. The number of rotatable bonds is 5. The Labute approximate surface area is 206 Å². The van der Waals surface area contributed by atoms with Crippen molar-refractivity contribution in [3.05, 3.63) is 58.7 Å². The molecule has 0 bridgehead atoms. The van der Waals surface area contributed by atoms with Crippen LogP contribution in [0.5, 0.6) is 5.75 Å². The van der Waals surface area contributed by atoms with Gasteiger partial charge in [0.15, 0.2) is 11.6 Å². The fraction of sp³-hybridized carbons (Fsp3) is 0.462. The molecule has 2 aliphatic heterocycles. The Morgan fingerprint density at radius 2 is 1.86 bits per heavy atom. The van der Waals surface area contributed by atoms with Crippen molar-refractivity contribution in [1.82, 2.24) is 20.2 Å². The van der Waals surface area contributed by atoms with Crippen LogP contribution in [0.1, 0.15) is 59.3 Å². The number of amides is 1. The van der Waals surface area contributed by atoms with Gasteiger partial charge in [-0.05, 0) is 43.7 Å². The molecular formula is C26H27F3N4O3. The van der Waals surface area contributed by atoms with Crippen molar-refractivity contribution in [2.45, 2.75) is 43.8 Å². The molecule has 2 N–H and O–H groups in total. The summed E-state index contributed by atoms with van der Waals surface area (Å²) in [6.45, 7) is 2.67. The number of aromatic nitrogens is 2. The number of carbonyl (C=O) groups excluding carboxylic acids is 1. The second-order valence-electron chi connectivity index (χ2n) is 9.72. The van der Waals surface area contributed by atoms with E-state index in [9.17, 15) is 13.6 Å². The molecule has 10 heteroatoms. The SMILES string of the molecule is O=C(c1cc(F)c(OC2CC2)cc1F)N1CCC(c2c(F)cnc3[nH]c(C4CNCCO4)cc23)CC1. The average Bonchev–Trinajstić information content (AvgIpc) is 3.61. The molecule has 7 nitrogen and oxygen atoms in total. The maximum absolute atomic E-state index is 15.0. The van der Waals surface area contributed by atoms with E-state index in [-0.39, 0.29) is 35.3 Å². The fourth-order valence-electron chi connectivity index (χ4n) is 5.13. The Morgan fingerprint density at radius 1 is 1.06 bits per heavy atom. The monoisotopic (exact) mass is 500 g/mol. The summed E-state index contributed by atoms with van der Waals surface area (Å²) in [4.78, 5) is 22.0. The highest BCUT2D eigenvalue weighted by atomic mass is 19.1. The number of hydrogen-bond acceptors (Lipinski definition) is 5. The average molecular weight is 501 g/mol. The number of H-pyrrole nitrogens is 1. The minimum Gasteiger partial charge on any atom is -0.487 e. The van der Waals surface area contributed by atoms with Gasteiger partial charge in [0.05, 0.1) is 24.5 Å². The fourth-order valence-corrected chi connectivity index (χ4v) is 5.13. The van der Waals surface area contributed by atoms with Gasteiger partial charge in [0.25, 0.3) is 5.91 Å². The zero-order valence-electron chi connectivity index (χ0n) is 19.7. The number of morpholine rings is 1. The summed E-state index contributed by atoms with van der Waals surface area (Å²) in [6.07, 6.45) is 3.61. The van der Waals surface area contributed by atoms with E-state index in [1.165, 1.54) is 11.1 Å². The van der Waals surface area contributed by atoms with Gasteiger partial charge in [-0.2, -0.15) is 0 Å². The van der Waals surface area contributed by atoms with Crippen LogP contribution < -0.4 is 10.1 Å². The Kier molecular flexibility index (Phi) is 6.08. The number of nitrogens with zero attached hydrogens (tertiary/aromatic N) is 2. The van der Waals surface area contributed by atoms with Crippen molar-refractivity contribution >= 4 is 16.9 Å². The molecule has 1 amide bonds. The first-order valence-corrected chi connectivity index (χ1v) is 12.4. The first-order chi connectivity index (χ1) is 17.5. The van der Waals surface area contributed by atoms with Gasteiger partial charge in [0.1, 0.15) is 23.4 Å². The van der Waals surface area contributed by atoms with Crippen LogP contribution in [0.3, 0.4) is 0 Å². The molecule has 3 aliphatic rings. The lowest BCUT2D eigenvalue weighted by Gasteiger charge is -2.32. The van der Waals surface area contributed by atoms with Crippen molar-refractivity contribution in [3.63, 3.8) is 0 Å². The van der Waals surface area contributed by atoms with E-state index in [0.29, 0.717) is 55.7 Å². The number of fused-ring (bicyclic) bond motifs is 1. The number of piperidine rings is 1. The minimum atomic E-state index is -0.805. The third-order valence-electron chi connectivity index (χ3n) is 7.21. The third kappa shape index (κ3) is 4.43. The highest BCUT2D eigenvalue weighted by molar-refractivity contribution is 5.94. The number of nitrogens with one attached hydrogen (secondary N) is 2. The van der Waals surface area contributed by atoms with Crippen molar-refractivity contribution in [1.29, 1.82) is 0 Å². The number of pyridine rings is 1. The highest BCUT2D eigenvalue weighted by Gasteiger charge is 2.31. The Balaban J connectivity index is 1.18. The Morgan fingerprint density at radius 3 is 2.58 bits per heavy atom. The second kappa shape index (κ2) is 9.40. The minimum absolute atomic E-state index is 0.0810. The van der Waals surface area contributed by atoms with Gasteiger partial charge < -0.3 is 24.7 Å². The van der Waals surface area contributed by atoms with Crippen LogP contribution in [-0.4, -0.2) is 59.7 Å². The topological polar surface area (TPSA) is 79.5 Å². The summed E-state index contributed by atoms with van der Waals surface area (Å²) < 4.78 is 55.3. The summed E-state index contributed by atoms with van der Waals surface area (Å²) in [5, 5.41) is 3.99. The molecule has 6 rings (SSSR count). The summed E-state index contributed by atoms with van der Waals surface area (Å²) >= 11 is 0. The predicted octanol–water partition coefficient (Wildman–Crippen LogP) is 4.20. The van der Waals surface area contributed by atoms with Gasteiger partial charge in [-0.25, -0.2) is 18.2 Å². The molecule has 190 valence electrons. The van der Waals surface area contributed by atoms with E-state index in [1.807, 2.05) is 6.07 Å². The van der Waals surface area contributed by atoms with E-state index in [0.717, 1.165) is 37.2 Å². The van der Waals surface area contributed by atoms with Crippen LogP contribution in [0.15, 0.2) is 24.4 Å². The van der Waals surface area contributed by atoms with Crippen LogP contribution >= 0.6 is 0 Å². The molecule has 0 spiro atoms. The van der Waals surface area contributed by atoms with E-state index < -0.39 is 17.5 Å². The smallest absolute Gasteiger partial charge is 0.256 e. The number of halogens is 3. The maximum Gasteiger partial charge on any atom is 0.256 e. The van der Waals surface area contributed by atoms with E-state index in [2.05, 4.69) is 15.3 Å². The highest BCUT2D eigenvalue weighted by Crippen LogP contribution is 2.37.